The number of benzene rings is 2. The number of hydrogen-bond donors (Lipinski definition) is 2. The number of nitrogens with one attached hydrogen (secondary N) is 2. The normalized spacial score (nSPS) is 23.8. The number of fused-ring (bicyclic) bond motifs is 4. The van der Waals surface area contributed by atoms with E-state index in [1.165, 1.54) is 0 Å². The summed E-state index contributed by atoms with van der Waals surface area (Å²) >= 11 is 6.06. The van der Waals surface area contributed by atoms with E-state index in [4.69, 9.17) is 21.1 Å². The molecule has 2 N–H and O–H groups in total. The van der Waals surface area contributed by atoms with E-state index in [2.05, 4.69) is 20.7 Å². The molecule has 3 heterocycles. The van der Waals surface area contributed by atoms with Gasteiger partial charge in [-0.15, -0.1) is 0 Å². The second kappa shape index (κ2) is 10.1. The number of carbonyl (C=O) groups excluding carboxylic acids is 2. The molecule has 0 bridgehead atoms. The topological polar surface area (TPSA) is 95.5 Å². The maximum absolute atomic E-state index is 13.5. The zero-order valence-corrected chi connectivity index (χ0v) is 21.2. The summed E-state index contributed by atoms with van der Waals surface area (Å²) in [6.45, 7) is 1.12. The third-order valence-corrected chi connectivity index (χ3v) is 7.87. The molecule has 1 saturated heterocycles. The van der Waals surface area contributed by atoms with Gasteiger partial charge in [-0.1, -0.05) is 42.6 Å². The van der Waals surface area contributed by atoms with Gasteiger partial charge < -0.3 is 19.7 Å². The highest BCUT2D eigenvalue weighted by Gasteiger charge is 2.50. The Bertz CT molecular complexity index is 1220. The fourth-order valence-corrected chi connectivity index (χ4v) is 5.88. The Morgan fingerprint density at radius 3 is 2.73 bits per heavy atom. The molecular formula is C27H30ClN5O4. The fourth-order valence-electron chi connectivity index (χ4n) is 5.75. The van der Waals surface area contributed by atoms with E-state index in [0.717, 1.165) is 48.4 Å². The van der Waals surface area contributed by atoms with Crippen molar-refractivity contribution in [3.63, 3.8) is 0 Å². The number of hydrogen-bond acceptors (Lipinski definition) is 7. The molecule has 1 aliphatic carbocycles. The molecule has 10 heteroatoms. The van der Waals surface area contributed by atoms with Crippen LogP contribution in [0.3, 0.4) is 0 Å². The largest absolute Gasteiger partial charge is 0.454 e. The molecule has 0 radical (unpaired) electrons. The molecular weight excluding hydrogens is 494 g/mol. The molecule has 2 amide bonds. The van der Waals surface area contributed by atoms with Gasteiger partial charge in [0.25, 0.3) is 0 Å². The number of ether oxygens (including phenoxy) is 2. The number of hydrazone groups is 1. The second-order valence-corrected chi connectivity index (χ2v) is 10.4. The van der Waals surface area contributed by atoms with Gasteiger partial charge >= 0.3 is 0 Å². The summed E-state index contributed by atoms with van der Waals surface area (Å²) in [5.74, 6) is 2.34. The molecule has 3 unspecified atom stereocenters. The van der Waals surface area contributed by atoms with Crippen LogP contribution in [0, 0.1) is 5.92 Å². The number of amidine groups is 1. The lowest BCUT2D eigenvalue weighted by molar-refractivity contribution is -0.156. The van der Waals surface area contributed by atoms with Crippen LogP contribution < -0.4 is 20.2 Å². The molecule has 2 fully saturated rings. The monoisotopic (exact) mass is 523 g/mol. The van der Waals surface area contributed by atoms with Crippen LogP contribution in [-0.4, -0.2) is 46.6 Å². The predicted octanol–water partition coefficient (Wildman–Crippen LogP) is 3.57. The van der Waals surface area contributed by atoms with Crippen molar-refractivity contribution >= 4 is 29.3 Å². The number of rotatable bonds is 7. The molecule has 0 spiro atoms. The summed E-state index contributed by atoms with van der Waals surface area (Å²) in [6, 6.07) is 13.4. The van der Waals surface area contributed by atoms with Gasteiger partial charge in [0.05, 0.1) is 5.92 Å². The second-order valence-electron chi connectivity index (χ2n) is 9.95. The van der Waals surface area contributed by atoms with Crippen LogP contribution in [0.25, 0.3) is 0 Å². The first-order valence-corrected chi connectivity index (χ1v) is 13.3. The highest BCUT2D eigenvalue weighted by Crippen LogP contribution is 2.38. The Kier molecular flexibility index (Phi) is 6.54. The summed E-state index contributed by atoms with van der Waals surface area (Å²) in [6.07, 6.45) is 4.47. The minimum Gasteiger partial charge on any atom is -0.454 e. The zero-order chi connectivity index (χ0) is 25.4. The predicted molar refractivity (Wildman–Crippen MR) is 138 cm³/mol. The van der Waals surface area contributed by atoms with Crippen molar-refractivity contribution in [1.29, 1.82) is 0 Å². The van der Waals surface area contributed by atoms with Crippen molar-refractivity contribution in [3.8, 4) is 11.5 Å². The smallest absolute Gasteiger partial charge is 0.231 e. The average molecular weight is 524 g/mol. The quantitative estimate of drug-likeness (QED) is 0.576. The Labute approximate surface area is 220 Å². The van der Waals surface area contributed by atoms with Crippen LogP contribution >= 0.6 is 11.6 Å². The van der Waals surface area contributed by atoms with Crippen LogP contribution in [0.15, 0.2) is 47.6 Å². The van der Waals surface area contributed by atoms with E-state index < -0.39 is 0 Å². The summed E-state index contributed by atoms with van der Waals surface area (Å²) < 4.78 is 10.8. The minimum absolute atomic E-state index is 0.0462. The standard InChI is InChI=1S/C27H30ClN5O4/c28-19-8-5-17(6-9-19)15-32-26(35)20-3-1-2-4-21(20)33-24(30-31-27(32)33)11-12-25(34)29-14-18-7-10-22-23(13-18)37-16-36-22/h5-10,13,20-21,27,31H,1-4,11-12,14-16H2,(H,29,34). The first kappa shape index (κ1) is 23.9. The third-order valence-electron chi connectivity index (χ3n) is 7.62. The van der Waals surface area contributed by atoms with E-state index in [-0.39, 0.29) is 36.9 Å². The molecule has 0 aromatic heterocycles. The van der Waals surface area contributed by atoms with Gasteiger partial charge in [-0.2, -0.15) is 5.10 Å². The molecule has 6 rings (SSSR count). The zero-order valence-electron chi connectivity index (χ0n) is 20.5. The highest BCUT2D eigenvalue weighted by molar-refractivity contribution is 6.30. The van der Waals surface area contributed by atoms with Crippen LogP contribution in [0.4, 0.5) is 0 Å². The van der Waals surface area contributed by atoms with E-state index in [1.807, 2.05) is 47.4 Å². The van der Waals surface area contributed by atoms with E-state index in [9.17, 15) is 9.59 Å². The number of carbonyl (C=O) groups is 2. The Balaban J connectivity index is 1.10. The fraction of sp³-hybridized carbons (Fsp3) is 0.444. The third kappa shape index (κ3) is 4.80. The first-order valence-electron chi connectivity index (χ1n) is 12.9. The molecule has 3 atom stereocenters. The van der Waals surface area contributed by atoms with Crippen molar-refractivity contribution in [2.45, 2.75) is 63.9 Å². The summed E-state index contributed by atoms with van der Waals surface area (Å²) in [4.78, 5) is 30.4. The lowest BCUT2D eigenvalue weighted by Crippen LogP contribution is -2.67. The molecule has 37 heavy (non-hydrogen) atoms. The van der Waals surface area contributed by atoms with Gasteiger partial charge in [0.1, 0.15) is 5.84 Å². The van der Waals surface area contributed by atoms with Crippen molar-refractivity contribution in [2.24, 2.45) is 11.0 Å². The Morgan fingerprint density at radius 2 is 1.86 bits per heavy atom. The van der Waals surface area contributed by atoms with E-state index >= 15 is 0 Å². The lowest BCUT2D eigenvalue weighted by Gasteiger charge is -2.50. The SMILES string of the molecule is O=C(CCC1=NNC2N(Cc3ccc(Cl)cc3)C(=O)C3CCCCC3N12)NCc1ccc2c(c1)OCO2. The maximum atomic E-state index is 13.5. The summed E-state index contributed by atoms with van der Waals surface area (Å²) in [5.41, 5.74) is 5.17. The number of amides is 2. The van der Waals surface area contributed by atoms with Gasteiger partial charge in [-0.05, 0) is 48.2 Å². The molecule has 4 aliphatic rings. The van der Waals surface area contributed by atoms with Gasteiger partial charge in [0.15, 0.2) is 17.8 Å². The van der Waals surface area contributed by atoms with Crippen LogP contribution in [0.2, 0.25) is 5.02 Å². The van der Waals surface area contributed by atoms with Gasteiger partial charge in [0.2, 0.25) is 18.6 Å². The van der Waals surface area contributed by atoms with Crippen LogP contribution in [0.5, 0.6) is 11.5 Å². The van der Waals surface area contributed by atoms with Gasteiger partial charge in [-0.3, -0.25) is 19.9 Å². The minimum atomic E-state index is -0.339. The van der Waals surface area contributed by atoms with Crippen molar-refractivity contribution < 1.29 is 19.1 Å². The molecule has 3 aliphatic heterocycles. The number of nitrogens with zero attached hydrogens (tertiary/aromatic N) is 3. The van der Waals surface area contributed by atoms with Gasteiger partial charge in [0, 0.05) is 37.0 Å². The molecule has 2 aromatic rings. The number of halogens is 1. The van der Waals surface area contributed by atoms with E-state index in [0.29, 0.717) is 36.7 Å². The maximum Gasteiger partial charge on any atom is 0.231 e. The van der Waals surface area contributed by atoms with Crippen LogP contribution in [0.1, 0.15) is 49.7 Å². The van der Waals surface area contributed by atoms with Crippen LogP contribution in [-0.2, 0) is 22.7 Å². The lowest BCUT2D eigenvalue weighted by atomic mass is 9.80. The van der Waals surface area contributed by atoms with Gasteiger partial charge in [-0.25, -0.2) is 0 Å². The molecule has 9 nitrogen and oxygen atoms in total. The van der Waals surface area contributed by atoms with Crippen molar-refractivity contribution in [3.05, 3.63) is 58.6 Å². The highest BCUT2D eigenvalue weighted by atomic mass is 35.5. The molecule has 2 aromatic carbocycles. The van der Waals surface area contributed by atoms with Crippen molar-refractivity contribution in [2.75, 3.05) is 6.79 Å². The average Bonchev–Trinajstić information content (AvgIpc) is 3.56. The summed E-state index contributed by atoms with van der Waals surface area (Å²) in [5, 5.41) is 8.27. The van der Waals surface area contributed by atoms with Crippen molar-refractivity contribution in [1.82, 2.24) is 20.5 Å². The molecule has 1 saturated carbocycles. The molecule has 194 valence electrons. The van der Waals surface area contributed by atoms with E-state index in [1.54, 1.807) is 0 Å². The Morgan fingerprint density at radius 1 is 1.08 bits per heavy atom. The Hall–Kier alpha value is -3.46. The first-order chi connectivity index (χ1) is 18.1. The summed E-state index contributed by atoms with van der Waals surface area (Å²) in [7, 11) is 0.